The highest BCUT2D eigenvalue weighted by Crippen LogP contribution is 2.21. The number of aromatic nitrogens is 2. The van der Waals surface area contributed by atoms with Gasteiger partial charge in [0.25, 0.3) is 0 Å². The Kier molecular flexibility index (Phi) is 3.03. The lowest BCUT2D eigenvalue weighted by atomic mass is 10.2. The minimum atomic E-state index is 0.559. The summed E-state index contributed by atoms with van der Waals surface area (Å²) in [7, 11) is 0. The van der Waals surface area contributed by atoms with Crippen LogP contribution in [0.3, 0.4) is 0 Å². The number of nitrogens with zero attached hydrogens (tertiary/aromatic N) is 2. The Bertz CT molecular complexity index is 729. The van der Waals surface area contributed by atoms with E-state index in [2.05, 4.69) is 58.2 Å². The normalized spacial score (nSPS) is 11.1. The molecular weight excluding hydrogens is 302 g/mol. The van der Waals surface area contributed by atoms with Gasteiger partial charge in [0.15, 0.2) is 0 Å². The first-order valence-electron chi connectivity index (χ1n) is 6.10. The summed E-state index contributed by atoms with van der Waals surface area (Å²) in [6, 6.07) is 14.5. The predicted octanol–water partition coefficient (Wildman–Crippen LogP) is 3.74. The number of aryl methyl sites for hydroxylation is 1. The summed E-state index contributed by atoms with van der Waals surface area (Å²) in [6.07, 6.45) is 0. The summed E-state index contributed by atoms with van der Waals surface area (Å²) >= 11 is 3.44. The van der Waals surface area contributed by atoms with Gasteiger partial charge in [-0.1, -0.05) is 34.1 Å². The first-order chi connectivity index (χ1) is 9.13. The van der Waals surface area contributed by atoms with E-state index in [1.807, 2.05) is 16.7 Å². The second kappa shape index (κ2) is 4.70. The summed E-state index contributed by atoms with van der Waals surface area (Å²) in [6.45, 7) is 2.79. The summed E-state index contributed by atoms with van der Waals surface area (Å²) in [5.41, 5.74) is 10.5. The summed E-state index contributed by atoms with van der Waals surface area (Å²) < 4.78 is 3.12. The smallest absolute Gasteiger partial charge is 0.201 e. The first-order valence-corrected chi connectivity index (χ1v) is 6.89. The van der Waals surface area contributed by atoms with Crippen molar-refractivity contribution in [2.24, 2.45) is 0 Å². The number of benzene rings is 2. The van der Waals surface area contributed by atoms with Gasteiger partial charge in [0.2, 0.25) is 5.95 Å². The van der Waals surface area contributed by atoms with Crippen molar-refractivity contribution in [1.82, 2.24) is 9.55 Å². The van der Waals surface area contributed by atoms with Gasteiger partial charge in [-0.3, -0.25) is 0 Å². The van der Waals surface area contributed by atoms with Gasteiger partial charge >= 0.3 is 0 Å². The van der Waals surface area contributed by atoms with E-state index in [1.165, 1.54) is 11.1 Å². The second-order valence-electron chi connectivity index (χ2n) is 4.67. The second-order valence-corrected chi connectivity index (χ2v) is 5.59. The van der Waals surface area contributed by atoms with Gasteiger partial charge in [-0.25, -0.2) is 4.98 Å². The van der Waals surface area contributed by atoms with Crippen molar-refractivity contribution in [2.75, 3.05) is 5.73 Å². The standard InChI is InChI=1S/C15H14BrN3/c1-10-2-7-14-13(8-10)18-15(17)19(14)9-11-3-5-12(16)6-4-11/h2-8H,9H2,1H3,(H2,17,18). The maximum Gasteiger partial charge on any atom is 0.201 e. The molecule has 19 heavy (non-hydrogen) atoms. The molecule has 0 radical (unpaired) electrons. The summed E-state index contributed by atoms with van der Waals surface area (Å²) in [5.74, 6) is 0.559. The highest BCUT2D eigenvalue weighted by molar-refractivity contribution is 9.10. The number of rotatable bonds is 2. The third-order valence-electron chi connectivity index (χ3n) is 3.19. The Morgan fingerprint density at radius 3 is 2.63 bits per heavy atom. The first kappa shape index (κ1) is 12.2. The molecule has 3 aromatic rings. The lowest BCUT2D eigenvalue weighted by Crippen LogP contribution is -2.04. The average Bonchev–Trinajstić information content (AvgIpc) is 2.68. The number of hydrogen-bond acceptors (Lipinski definition) is 2. The van der Waals surface area contributed by atoms with E-state index in [-0.39, 0.29) is 0 Å². The fourth-order valence-corrected chi connectivity index (χ4v) is 2.46. The van der Waals surface area contributed by atoms with Crippen molar-refractivity contribution in [3.63, 3.8) is 0 Å². The van der Waals surface area contributed by atoms with Crippen molar-refractivity contribution < 1.29 is 0 Å². The van der Waals surface area contributed by atoms with Crippen molar-refractivity contribution in [2.45, 2.75) is 13.5 Å². The maximum absolute atomic E-state index is 6.02. The van der Waals surface area contributed by atoms with Crippen LogP contribution in [-0.2, 0) is 6.54 Å². The zero-order chi connectivity index (χ0) is 13.4. The van der Waals surface area contributed by atoms with E-state index in [4.69, 9.17) is 5.73 Å². The molecule has 0 aliphatic heterocycles. The number of hydrogen-bond donors (Lipinski definition) is 1. The monoisotopic (exact) mass is 315 g/mol. The van der Waals surface area contributed by atoms with Gasteiger partial charge in [-0.2, -0.15) is 0 Å². The minimum Gasteiger partial charge on any atom is -0.369 e. The topological polar surface area (TPSA) is 43.8 Å². The van der Waals surface area contributed by atoms with E-state index in [9.17, 15) is 0 Å². The molecule has 0 fully saturated rings. The maximum atomic E-state index is 6.02. The van der Waals surface area contributed by atoms with E-state index < -0.39 is 0 Å². The van der Waals surface area contributed by atoms with Crippen LogP contribution in [0.4, 0.5) is 5.95 Å². The van der Waals surface area contributed by atoms with Crippen molar-refractivity contribution in [3.8, 4) is 0 Å². The van der Waals surface area contributed by atoms with E-state index in [0.717, 1.165) is 22.1 Å². The molecular formula is C15H14BrN3. The third kappa shape index (κ3) is 2.36. The summed E-state index contributed by atoms with van der Waals surface area (Å²) in [4.78, 5) is 4.42. The number of halogens is 1. The van der Waals surface area contributed by atoms with Gasteiger partial charge in [-0.05, 0) is 42.3 Å². The molecule has 1 heterocycles. The number of fused-ring (bicyclic) bond motifs is 1. The molecule has 0 saturated heterocycles. The zero-order valence-corrected chi connectivity index (χ0v) is 12.2. The molecule has 0 aliphatic carbocycles. The Hall–Kier alpha value is -1.81. The Morgan fingerprint density at radius 2 is 1.89 bits per heavy atom. The Morgan fingerprint density at radius 1 is 1.16 bits per heavy atom. The van der Waals surface area contributed by atoms with Crippen LogP contribution >= 0.6 is 15.9 Å². The van der Waals surface area contributed by atoms with Crippen LogP contribution in [0.15, 0.2) is 46.9 Å². The van der Waals surface area contributed by atoms with Crippen LogP contribution in [0.5, 0.6) is 0 Å². The number of imidazole rings is 1. The fraction of sp³-hybridized carbons (Fsp3) is 0.133. The molecule has 2 N–H and O–H groups in total. The number of nitrogens with two attached hydrogens (primary N) is 1. The van der Waals surface area contributed by atoms with Crippen molar-refractivity contribution in [1.29, 1.82) is 0 Å². The van der Waals surface area contributed by atoms with Crippen LogP contribution in [-0.4, -0.2) is 9.55 Å². The van der Waals surface area contributed by atoms with Gasteiger partial charge < -0.3 is 10.3 Å². The highest BCUT2D eigenvalue weighted by atomic mass is 79.9. The lowest BCUT2D eigenvalue weighted by Gasteiger charge is -2.07. The number of anilines is 1. The molecule has 0 spiro atoms. The minimum absolute atomic E-state index is 0.559. The fourth-order valence-electron chi connectivity index (χ4n) is 2.20. The predicted molar refractivity (Wildman–Crippen MR) is 82.1 cm³/mol. The van der Waals surface area contributed by atoms with Crippen LogP contribution in [0.25, 0.3) is 11.0 Å². The summed E-state index contributed by atoms with van der Waals surface area (Å²) in [5, 5.41) is 0. The molecule has 1 aromatic heterocycles. The van der Waals surface area contributed by atoms with E-state index in [0.29, 0.717) is 5.95 Å². The molecule has 2 aromatic carbocycles. The highest BCUT2D eigenvalue weighted by Gasteiger charge is 2.08. The Balaban J connectivity index is 2.05. The Labute approximate surface area is 120 Å². The van der Waals surface area contributed by atoms with E-state index >= 15 is 0 Å². The molecule has 0 amide bonds. The molecule has 3 rings (SSSR count). The molecule has 0 bridgehead atoms. The molecule has 96 valence electrons. The average molecular weight is 316 g/mol. The van der Waals surface area contributed by atoms with Crippen LogP contribution in [0, 0.1) is 6.92 Å². The molecule has 4 heteroatoms. The van der Waals surface area contributed by atoms with Crippen LogP contribution in [0.1, 0.15) is 11.1 Å². The van der Waals surface area contributed by atoms with Crippen molar-refractivity contribution >= 4 is 32.9 Å². The largest absolute Gasteiger partial charge is 0.369 e. The molecule has 0 atom stereocenters. The number of nitrogen functional groups attached to an aromatic ring is 1. The third-order valence-corrected chi connectivity index (χ3v) is 3.72. The van der Waals surface area contributed by atoms with Crippen LogP contribution < -0.4 is 5.73 Å². The van der Waals surface area contributed by atoms with Gasteiger partial charge in [-0.15, -0.1) is 0 Å². The van der Waals surface area contributed by atoms with Crippen LogP contribution in [0.2, 0.25) is 0 Å². The van der Waals surface area contributed by atoms with Crippen molar-refractivity contribution in [3.05, 3.63) is 58.1 Å². The van der Waals surface area contributed by atoms with Gasteiger partial charge in [0.1, 0.15) is 0 Å². The molecule has 0 unspecified atom stereocenters. The SMILES string of the molecule is Cc1ccc2c(c1)nc(N)n2Cc1ccc(Br)cc1. The quantitative estimate of drug-likeness (QED) is 0.783. The van der Waals surface area contributed by atoms with Gasteiger partial charge in [0.05, 0.1) is 17.6 Å². The molecule has 0 aliphatic rings. The van der Waals surface area contributed by atoms with Gasteiger partial charge in [0, 0.05) is 4.47 Å². The molecule has 0 saturated carbocycles. The molecule has 3 nitrogen and oxygen atoms in total. The zero-order valence-electron chi connectivity index (χ0n) is 10.6. The van der Waals surface area contributed by atoms with E-state index in [1.54, 1.807) is 0 Å². The lowest BCUT2D eigenvalue weighted by molar-refractivity contribution is 0.838.